The molecule has 0 bridgehead atoms. The van der Waals surface area contributed by atoms with Gasteiger partial charge in [-0.15, -0.1) is 10.2 Å². The third-order valence-corrected chi connectivity index (χ3v) is 4.87. The van der Waals surface area contributed by atoms with Crippen LogP contribution in [0.25, 0.3) is 11.5 Å². The second-order valence-corrected chi connectivity index (χ2v) is 6.74. The minimum Gasteiger partial charge on any atom is -0.421 e. The first-order chi connectivity index (χ1) is 12.7. The summed E-state index contributed by atoms with van der Waals surface area (Å²) in [5, 5.41) is 8.19. The van der Waals surface area contributed by atoms with Gasteiger partial charge in [-0.05, 0) is 44.0 Å². The van der Waals surface area contributed by atoms with E-state index in [4.69, 9.17) is 4.42 Å². The van der Waals surface area contributed by atoms with Crippen molar-refractivity contribution < 1.29 is 9.21 Å². The molecule has 1 aliphatic rings. The zero-order chi connectivity index (χ0) is 17.9. The summed E-state index contributed by atoms with van der Waals surface area (Å²) in [5.74, 6) is 1.14. The second-order valence-electron chi connectivity index (χ2n) is 6.74. The number of H-pyrrole nitrogens is 1. The predicted octanol–water partition coefficient (Wildman–Crippen LogP) is 3.67. The van der Waals surface area contributed by atoms with Crippen LogP contribution >= 0.6 is 0 Å². The summed E-state index contributed by atoms with van der Waals surface area (Å²) >= 11 is 0. The van der Waals surface area contributed by atoms with Crippen molar-refractivity contribution >= 4 is 5.91 Å². The number of nitrogens with zero attached hydrogens (tertiary/aromatic N) is 3. The van der Waals surface area contributed by atoms with E-state index in [1.54, 1.807) is 0 Å². The molecule has 1 N–H and O–H groups in total. The smallest absolute Gasteiger partial charge is 0.247 e. The fraction of sp³-hybridized carbons (Fsp3) is 0.350. The summed E-state index contributed by atoms with van der Waals surface area (Å²) in [5.41, 5.74) is 3.18. The summed E-state index contributed by atoms with van der Waals surface area (Å²) < 4.78 is 5.72. The zero-order valence-electron chi connectivity index (χ0n) is 14.8. The lowest BCUT2D eigenvalue weighted by Crippen LogP contribution is -2.30. The molecular weight excluding hydrogens is 328 g/mol. The van der Waals surface area contributed by atoms with Gasteiger partial charge < -0.3 is 14.3 Å². The summed E-state index contributed by atoms with van der Waals surface area (Å²) in [6.45, 7) is 2.84. The first-order valence-corrected chi connectivity index (χ1v) is 9.03. The Bertz CT molecular complexity index is 868. The zero-order valence-corrected chi connectivity index (χ0v) is 14.8. The van der Waals surface area contributed by atoms with Crippen LogP contribution in [0.3, 0.4) is 0 Å². The van der Waals surface area contributed by atoms with Crippen LogP contribution in [0, 0.1) is 6.92 Å². The van der Waals surface area contributed by atoms with Gasteiger partial charge in [0.05, 0.1) is 6.04 Å². The lowest BCUT2D eigenvalue weighted by molar-refractivity contribution is -0.132. The maximum Gasteiger partial charge on any atom is 0.247 e. The lowest BCUT2D eigenvalue weighted by atomic mass is 10.1. The first kappa shape index (κ1) is 16.6. The number of carbonyl (C=O) groups excluding carboxylic acids is 1. The molecule has 26 heavy (non-hydrogen) atoms. The van der Waals surface area contributed by atoms with E-state index < -0.39 is 0 Å². The Labute approximate surface area is 152 Å². The molecule has 1 fully saturated rings. The van der Waals surface area contributed by atoms with Gasteiger partial charge in [0.15, 0.2) is 0 Å². The average molecular weight is 350 g/mol. The highest BCUT2D eigenvalue weighted by Crippen LogP contribution is 2.31. The summed E-state index contributed by atoms with van der Waals surface area (Å²) in [7, 11) is 0. The molecule has 6 nitrogen and oxygen atoms in total. The number of aryl methyl sites for hydroxylation is 2. The molecule has 0 radical (unpaired) electrons. The van der Waals surface area contributed by atoms with Crippen LogP contribution < -0.4 is 0 Å². The normalized spacial score (nSPS) is 17.0. The van der Waals surface area contributed by atoms with Crippen molar-refractivity contribution in [1.82, 2.24) is 20.1 Å². The first-order valence-electron chi connectivity index (χ1n) is 9.03. The molecule has 1 amide bonds. The van der Waals surface area contributed by atoms with E-state index >= 15 is 0 Å². The number of amides is 1. The Morgan fingerprint density at radius 3 is 2.88 bits per heavy atom. The topological polar surface area (TPSA) is 75.0 Å². The Morgan fingerprint density at radius 1 is 1.27 bits per heavy atom. The highest BCUT2D eigenvalue weighted by Gasteiger charge is 2.30. The van der Waals surface area contributed by atoms with Crippen molar-refractivity contribution in [2.75, 3.05) is 6.54 Å². The van der Waals surface area contributed by atoms with Gasteiger partial charge in [-0.25, -0.2) is 0 Å². The Kier molecular flexibility index (Phi) is 4.56. The molecule has 4 rings (SSSR count). The number of aromatic nitrogens is 3. The fourth-order valence-corrected chi connectivity index (χ4v) is 3.46. The minimum atomic E-state index is 0.136. The molecular formula is C20H22N4O2. The maximum absolute atomic E-state index is 12.7. The summed E-state index contributed by atoms with van der Waals surface area (Å²) in [6, 6.07) is 12.1. The number of nitrogens with one attached hydrogen (secondary N) is 1. The van der Waals surface area contributed by atoms with Crippen LogP contribution in [0.2, 0.25) is 0 Å². The molecule has 0 saturated carbocycles. The van der Waals surface area contributed by atoms with Crippen molar-refractivity contribution in [3.05, 3.63) is 59.7 Å². The van der Waals surface area contributed by atoms with Crippen molar-refractivity contribution in [2.24, 2.45) is 0 Å². The fourth-order valence-electron chi connectivity index (χ4n) is 3.46. The monoisotopic (exact) mass is 350 g/mol. The highest BCUT2D eigenvalue weighted by atomic mass is 16.4. The second kappa shape index (κ2) is 7.15. The van der Waals surface area contributed by atoms with Crippen molar-refractivity contribution in [3.8, 4) is 11.5 Å². The molecule has 6 heteroatoms. The van der Waals surface area contributed by atoms with Crippen LogP contribution in [0.15, 0.2) is 47.0 Å². The van der Waals surface area contributed by atoms with E-state index in [-0.39, 0.29) is 11.9 Å². The number of rotatable bonds is 5. The summed E-state index contributed by atoms with van der Waals surface area (Å²) in [4.78, 5) is 17.9. The SMILES string of the molecule is Cc1ccc(-c2nnc(CCC(=O)N3CCC[C@H]3c3ccc[nH]3)o2)cc1. The molecule has 0 unspecified atom stereocenters. The van der Waals surface area contributed by atoms with E-state index in [9.17, 15) is 4.79 Å². The number of hydrogen-bond donors (Lipinski definition) is 1. The molecule has 1 aromatic carbocycles. The molecule has 1 atom stereocenters. The Hall–Kier alpha value is -2.89. The van der Waals surface area contributed by atoms with Crippen LogP contribution in [-0.4, -0.2) is 32.5 Å². The third kappa shape index (κ3) is 3.40. The number of carbonyl (C=O) groups is 1. The van der Waals surface area contributed by atoms with Gasteiger partial charge in [0, 0.05) is 36.8 Å². The van der Waals surface area contributed by atoms with Crippen LogP contribution in [0.1, 0.15) is 42.5 Å². The van der Waals surface area contributed by atoms with Gasteiger partial charge in [-0.1, -0.05) is 17.7 Å². The predicted molar refractivity (Wildman–Crippen MR) is 97.3 cm³/mol. The number of hydrogen-bond acceptors (Lipinski definition) is 4. The Balaban J connectivity index is 1.38. The third-order valence-electron chi connectivity index (χ3n) is 4.87. The van der Waals surface area contributed by atoms with E-state index in [0.717, 1.165) is 30.6 Å². The van der Waals surface area contributed by atoms with Gasteiger partial charge >= 0.3 is 0 Å². The molecule has 1 aliphatic heterocycles. The van der Waals surface area contributed by atoms with Crippen molar-refractivity contribution in [3.63, 3.8) is 0 Å². The van der Waals surface area contributed by atoms with Gasteiger partial charge in [0.25, 0.3) is 0 Å². The number of likely N-dealkylation sites (tertiary alicyclic amines) is 1. The van der Waals surface area contributed by atoms with E-state index in [2.05, 4.69) is 15.2 Å². The molecule has 134 valence electrons. The molecule has 3 heterocycles. The molecule has 0 aliphatic carbocycles. The van der Waals surface area contributed by atoms with Gasteiger partial charge in [0.1, 0.15) is 0 Å². The van der Waals surface area contributed by atoms with E-state index in [1.165, 1.54) is 5.56 Å². The minimum absolute atomic E-state index is 0.136. The molecule has 2 aromatic heterocycles. The summed E-state index contributed by atoms with van der Waals surface area (Å²) in [6.07, 6.45) is 4.79. The lowest BCUT2D eigenvalue weighted by Gasteiger charge is -2.23. The van der Waals surface area contributed by atoms with Crippen LogP contribution in [0.5, 0.6) is 0 Å². The standard InChI is InChI=1S/C20H22N4O2/c1-14-6-8-15(9-7-14)20-23-22-18(26-20)10-11-19(25)24-13-3-5-17(24)16-4-2-12-21-16/h2,4,6-9,12,17,21H,3,5,10-11,13H2,1H3/t17-/m0/s1. The van der Waals surface area contributed by atoms with E-state index in [0.29, 0.717) is 24.6 Å². The molecule has 3 aromatic rings. The molecule has 1 saturated heterocycles. The quantitative estimate of drug-likeness (QED) is 0.762. The number of aromatic amines is 1. The van der Waals surface area contributed by atoms with Crippen molar-refractivity contribution in [1.29, 1.82) is 0 Å². The van der Waals surface area contributed by atoms with Gasteiger partial charge in [0.2, 0.25) is 17.7 Å². The molecule has 0 spiro atoms. The van der Waals surface area contributed by atoms with Gasteiger partial charge in [-0.2, -0.15) is 0 Å². The average Bonchev–Trinajstić information content (AvgIpc) is 3.40. The maximum atomic E-state index is 12.7. The van der Waals surface area contributed by atoms with E-state index in [1.807, 2.05) is 54.4 Å². The van der Waals surface area contributed by atoms with Gasteiger partial charge in [-0.3, -0.25) is 4.79 Å². The number of benzene rings is 1. The Morgan fingerprint density at radius 2 is 2.12 bits per heavy atom. The van der Waals surface area contributed by atoms with Crippen LogP contribution in [0.4, 0.5) is 0 Å². The van der Waals surface area contributed by atoms with Crippen molar-refractivity contribution in [2.45, 2.75) is 38.6 Å². The largest absolute Gasteiger partial charge is 0.421 e. The van der Waals surface area contributed by atoms with Crippen LogP contribution in [-0.2, 0) is 11.2 Å². The highest BCUT2D eigenvalue weighted by molar-refractivity contribution is 5.77.